The van der Waals surface area contributed by atoms with Crippen LogP contribution in [0.2, 0.25) is 0 Å². The van der Waals surface area contributed by atoms with E-state index in [9.17, 15) is 4.79 Å². The number of hydrogen-bond donors (Lipinski definition) is 2. The molecule has 0 fully saturated rings. The Kier molecular flexibility index (Phi) is 5.15. The molecule has 0 spiro atoms. The highest BCUT2D eigenvalue weighted by molar-refractivity contribution is 5.81. The van der Waals surface area contributed by atoms with E-state index >= 15 is 0 Å². The van der Waals surface area contributed by atoms with Crippen LogP contribution in [0.1, 0.15) is 0 Å². The summed E-state index contributed by atoms with van der Waals surface area (Å²) in [5.74, 6) is 0.435. The van der Waals surface area contributed by atoms with Gasteiger partial charge in [0.2, 0.25) is 5.91 Å². The van der Waals surface area contributed by atoms with Gasteiger partial charge >= 0.3 is 0 Å². The number of rotatable bonds is 6. The number of hydrogen-bond acceptors (Lipinski definition) is 6. The van der Waals surface area contributed by atoms with E-state index in [1.54, 1.807) is 19.1 Å². The molecule has 1 heterocycles. The van der Waals surface area contributed by atoms with Crippen LogP contribution in [-0.4, -0.2) is 49.7 Å². The van der Waals surface area contributed by atoms with Gasteiger partial charge in [-0.15, -0.1) is 0 Å². The third-order valence-electron chi connectivity index (χ3n) is 2.09. The molecule has 0 bridgehead atoms. The number of likely N-dealkylation sites (N-methyl/N-ethyl adjacent to an activating group) is 1. The molecule has 1 rings (SSSR count). The van der Waals surface area contributed by atoms with Gasteiger partial charge in [0, 0.05) is 20.7 Å². The van der Waals surface area contributed by atoms with E-state index in [1.165, 1.54) is 12.5 Å². The van der Waals surface area contributed by atoms with Crippen LogP contribution in [0.5, 0.6) is 0 Å². The SMILES string of the molecule is COCCNC(=O)CN(C)c1ncncc1N. The first-order valence-corrected chi connectivity index (χ1v) is 5.17. The molecule has 3 N–H and O–H groups in total. The highest BCUT2D eigenvalue weighted by Gasteiger charge is 2.10. The molecule has 1 aromatic heterocycles. The van der Waals surface area contributed by atoms with E-state index in [4.69, 9.17) is 10.5 Å². The third-order valence-corrected chi connectivity index (χ3v) is 2.09. The van der Waals surface area contributed by atoms with Gasteiger partial charge in [-0.1, -0.05) is 0 Å². The Hall–Kier alpha value is -1.89. The number of anilines is 2. The smallest absolute Gasteiger partial charge is 0.239 e. The van der Waals surface area contributed by atoms with Crippen molar-refractivity contribution < 1.29 is 9.53 Å². The molecule has 94 valence electrons. The molecule has 0 atom stereocenters. The number of nitrogens with two attached hydrogens (primary N) is 1. The Labute approximate surface area is 100.0 Å². The first kappa shape index (κ1) is 13.2. The summed E-state index contributed by atoms with van der Waals surface area (Å²) in [7, 11) is 3.33. The van der Waals surface area contributed by atoms with E-state index in [-0.39, 0.29) is 12.5 Å². The third kappa shape index (κ3) is 4.23. The van der Waals surface area contributed by atoms with Gasteiger partial charge in [-0.2, -0.15) is 0 Å². The van der Waals surface area contributed by atoms with Gasteiger partial charge < -0.3 is 20.7 Å². The Balaban J connectivity index is 2.46. The van der Waals surface area contributed by atoms with Crippen molar-refractivity contribution in [2.45, 2.75) is 0 Å². The summed E-state index contributed by atoms with van der Waals surface area (Å²) in [6.07, 6.45) is 2.90. The van der Waals surface area contributed by atoms with Gasteiger partial charge in [-0.3, -0.25) is 4.79 Å². The van der Waals surface area contributed by atoms with Crippen molar-refractivity contribution in [3.05, 3.63) is 12.5 Å². The summed E-state index contributed by atoms with van der Waals surface area (Å²) in [5.41, 5.74) is 6.14. The number of carbonyl (C=O) groups excluding carboxylic acids is 1. The van der Waals surface area contributed by atoms with Gasteiger partial charge in [0.15, 0.2) is 5.82 Å². The zero-order valence-electron chi connectivity index (χ0n) is 10.0. The number of aromatic nitrogens is 2. The monoisotopic (exact) mass is 239 g/mol. The fourth-order valence-corrected chi connectivity index (χ4v) is 1.29. The molecular formula is C10H17N5O2. The van der Waals surface area contributed by atoms with Crippen molar-refractivity contribution in [3.63, 3.8) is 0 Å². The lowest BCUT2D eigenvalue weighted by atomic mass is 10.4. The standard InChI is InChI=1S/C10H17N5O2/c1-15(6-9(16)13-3-4-17-2)10-8(11)5-12-7-14-10/h5,7H,3-4,6,11H2,1-2H3,(H,13,16). The Morgan fingerprint density at radius 1 is 1.65 bits per heavy atom. The fraction of sp³-hybridized carbons (Fsp3) is 0.500. The van der Waals surface area contributed by atoms with Crippen molar-refractivity contribution in [1.82, 2.24) is 15.3 Å². The van der Waals surface area contributed by atoms with Crippen LogP contribution in [0.15, 0.2) is 12.5 Å². The maximum absolute atomic E-state index is 11.5. The highest BCUT2D eigenvalue weighted by Crippen LogP contribution is 2.15. The Morgan fingerprint density at radius 3 is 3.06 bits per heavy atom. The number of nitrogens with one attached hydrogen (secondary N) is 1. The van der Waals surface area contributed by atoms with E-state index in [1.807, 2.05) is 0 Å². The fourth-order valence-electron chi connectivity index (χ4n) is 1.29. The quantitative estimate of drug-likeness (QED) is 0.635. The highest BCUT2D eigenvalue weighted by atomic mass is 16.5. The van der Waals surface area contributed by atoms with Crippen molar-refractivity contribution in [2.75, 3.05) is 44.5 Å². The van der Waals surface area contributed by atoms with E-state index < -0.39 is 0 Å². The minimum atomic E-state index is -0.109. The average Bonchev–Trinajstić information content (AvgIpc) is 2.29. The molecule has 17 heavy (non-hydrogen) atoms. The second-order valence-electron chi connectivity index (χ2n) is 3.50. The number of nitrogen functional groups attached to an aromatic ring is 1. The zero-order chi connectivity index (χ0) is 12.7. The Bertz CT molecular complexity index is 371. The van der Waals surface area contributed by atoms with Crippen molar-refractivity contribution in [3.8, 4) is 0 Å². The summed E-state index contributed by atoms with van der Waals surface area (Å²) >= 11 is 0. The van der Waals surface area contributed by atoms with Gasteiger partial charge in [-0.25, -0.2) is 9.97 Å². The molecule has 1 aromatic rings. The predicted octanol–water partition coefficient (Wildman–Crippen LogP) is -0.742. The summed E-state index contributed by atoms with van der Waals surface area (Å²) in [5, 5.41) is 2.71. The maximum Gasteiger partial charge on any atom is 0.239 e. The first-order chi connectivity index (χ1) is 8.15. The topological polar surface area (TPSA) is 93.4 Å². The normalized spacial score (nSPS) is 10.0. The van der Waals surface area contributed by atoms with Crippen LogP contribution in [0.25, 0.3) is 0 Å². The molecule has 0 aliphatic heterocycles. The molecule has 0 saturated carbocycles. The number of ether oxygens (including phenoxy) is 1. The largest absolute Gasteiger partial charge is 0.394 e. The van der Waals surface area contributed by atoms with Crippen LogP contribution in [0.3, 0.4) is 0 Å². The number of methoxy groups -OCH3 is 1. The number of amides is 1. The van der Waals surface area contributed by atoms with E-state index in [2.05, 4.69) is 15.3 Å². The second-order valence-corrected chi connectivity index (χ2v) is 3.50. The van der Waals surface area contributed by atoms with Crippen LogP contribution in [0, 0.1) is 0 Å². The van der Waals surface area contributed by atoms with Crippen LogP contribution in [-0.2, 0) is 9.53 Å². The van der Waals surface area contributed by atoms with Crippen molar-refractivity contribution >= 4 is 17.4 Å². The lowest BCUT2D eigenvalue weighted by Crippen LogP contribution is -2.37. The van der Waals surface area contributed by atoms with Crippen LogP contribution < -0.4 is 16.0 Å². The molecule has 0 unspecified atom stereocenters. The minimum absolute atomic E-state index is 0.109. The van der Waals surface area contributed by atoms with Gasteiger partial charge in [0.05, 0.1) is 25.0 Å². The van der Waals surface area contributed by atoms with Crippen molar-refractivity contribution in [2.24, 2.45) is 0 Å². The molecule has 7 nitrogen and oxygen atoms in total. The minimum Gasteiger partial charge on any atom is -0.394 e. The van der Waals surface area contributed by atoms with E-state index in [0.29, 0.717) is 24.7 Å². The molecule has 0 radical (unpaired) electrons. The van der Waals surface area contributed by atoms with Crippen molar-refractivity contribution in [1.29, 1.82) is 0 Å². The van der Waals surface area contributed by atoms with Crippen LogP contribution in [0.4, 0.5) is 11.5 Å². The van der Waals surface area contributed by atoms with Gasteiger partial charge in [0.1, 0.15) is 6.33 Å². The van der Waals surface area contributed by atoms with Gasteiger partial charge in [-0.05, 0) is 0 Å². The summed E-state index contributed by atoms with van der Waals surface area (Å²) in [6, 6.07) is 0. The molecule has 0 aromatic carbocycles. The lowest BCUT2D eigenvalue weighted by molar-refractivity contribution is -0.119. The molecule has 0 aliphatic carbocycles. The van der Waals surface area contributed by atoms with E-state index in [0.717, 1.165) is 0 Å². The number of carbonyl (C=O) groups is 1. The van der Waals surface area contributed by atoms with Crippen LogP contribution >= 0.6 is 0 Å². The van der Waals surface area contributed by atoms with Gasteiger partial charge in [0.25, 0.3) is 0 Å². The molecular weight excluding hydrogens is 222 g/mol. The zero-order valence-corrected chi connectivity index (χ0v) is 10.0. The summed E-state index contributed by atoms with van der Waals surface area (Å²) < 4.78 is 4.83. The average molecular weight is 239 g/mol. The maximum atomic E-state index is 11.5. The predicted molar refractivity (Wildman–Crippen MR) is 64.6 cm³/mol. The summed E-state index contributed by atoms with van der Waals surface area (Å²) in [4.78, 5) is 21.0. The number of nitrogens with zero attached hydrogens (tertiary/aromatic N) is 3. The Morgan fingerprint density at radius 2 is 2.41 bits per heavy atom. The lowest BCUT2D eigenvalue weighted by Gasteiger charge is -2.18. The molecule has 1 amide bonds. The molecule has 0 aliphatic rings. The molecule has 0 saturated heterocycles. The molecule has 7 heteroatoms. The second kappa shape index (κ2) is 6.64. The first-order valence-electron chi connectivity index (χ1n) is 5.17. The summed E-state index contributed by atoms with van der Waals surface area (Å²) in [6.45, 7) is 1.17.